The fraction of sp³-hybridized carbons (Fsp3) is 0.423. The highest BCUT2D eigenvalue weighted by Gasteiger charge is 2.36. The molecule has 1 fully saturated rings. The summed E-state index contributed by atoms with van der Waals surface area (Å²) in [5.74, 6) is -0.229. The molecule has 0 radical (unpaired) electrons. The Morgan fingerprint density at radius 2 is 1.88 bits per heavy atom. The summed E-state index contributed by atoms with van der Waals surface area (Å²) in [6.07, 6.45) is 1.11. The summed E-state index contributed by atoms with van der Waals surface area (Å²) in [5, 5.41) is 5.91. The zero-order chi connectivity index (χ0) is 24.6. The molecule has 1 aliphatic heterocycles. The van der Waals surface area contributed by atoms with E-state index < -0.39 is 9.84 Å². The summed E-state index contributed by atoms with van der Waals surface area (Å²) in [6, 6.07) is 12.9. The van der Waals surface area contributed by atoms with Gasteiger partial charge in [-0.3, -0.25) is 9.59 Å². The SMILES string of the molecule is CC[C@@H](C)N(C(=O)Cn1nc(-c2cc(C)ccc2C)c2ccccc2c1=O)[C@@H]1CCS(=O)(=O)C1. The first kappa shape index (κ1) is 24.1. The molecule has 3 aromatic rings. The number of fused-ring (bicyclic) bond motifs is 1. The van der Waals surface area contributed by atoms with Crippen molar-refractivity contribution in [2.24, 2.45) is 0 Å². The fourth-order valence-corrected chi connectivity index (χ4v) is 6.45. The van der Waals surface area contributed by atoms with Crippen molar-refractivity contribution in [3.8, 4) is 11.3 Å². The van der Waals surface area contributed by atoms with Crippen molar-refractivity contribution in [2.45, 2.75) is 59.2 Å². The van der Waals surface area contributed by atoms with Crippen LogP contribution >= 0.6 is 0 Å². The lowest BCUT2D eigenvalue weighted by molar-refractivity contribution is -0.136. The standard InChI is InChI=1S/C26H31N3O4S/c1-5-19(4)29(20-12-13-34(32,33)16-20)24(30)15-28-26(31)22-9-7-6-8-21(22)25(27-28)23-14-17(2)10-11-18(23)3/h6-11,14,19-20H,5,12-13,15-16H2,1-4H3/t19-,20-/m1/s1. The van der Waals surface area contributed by atoms with Gasteiger partial charge in [-0.15, -0.1) is 0 Å². The van der Waals surface area contributed by atoms with E-state index in [0.29, 0.717) is 23.9 Å². The topological polar surface area (TPSA) is 89.3 Å². The summed E-state index contributed by atoms with van der Waals surface area (Å²) in [5.41, 5.74) is 3.34. The number of carbonyl (C=O) groups excluding carboxylic acids is 1. The van der Waals surface area contributed by atoms with Crippen LogP contribution in [0.1, 0.15) is 37.8 Å². The number of rotatable bonds is 6. The van der Waals surface area contributed by atoms with Gasteiger partial charge >= 0.3 is 0 Å². The van der Waals surface area contributed by atoms with Crippen molar-refractivity contribution in [3.63, 3.8) is 0 Å². The Balaban J connectivity index is 1.80. The maximum atomic E-state index is 13.5. The molecule has 180 valence electrons. The Labute approximate surface area is 200 Å². The smallest absolute Gasteiger partial charge is 0.275 e. The largest absolute Gasteiger partial charge is 0.334 e. The zero-order valence-corrected chi connectivity index (χ0v) is 20.9. The predicted molar refractivity (Wildman–Crippen MR) is 135 cm³/mol. The molecule has 0 spiro atoms. The lowest BCUT2D eigenvalue weighted by Crippen LogP contribution is -2.48. The average molecular weight is 482 g/mol. The lowest BCUT2D eigenvalue weighted by Gasteiger charge is -2.33. The number of aromatic nitrogens is 2. The van der Waals surface area contributed by atoms with Crippen LogP contribution in [0.3, 0.4) is 0 Å². The summed E-state index contributed by atoms with van der Waals surface area (Å²) in [6.45, 7) is 7.65. The number of carbonyl (C=O) groups is 1. The molecule has 0 saturated carbocycles. The summed E-state index contributed by atoms with van der Waals surface area (Å²) in [7, 11) is -3.16. The van der Waals surface area contributed by atoms with E-state index in [1.54, 1.807) is 17.0 Å². The van der Waals surface area contributed by atoms with Gasteiger partial charge in [-0.2, -0.15) is 5.10 Å². The lowest BCUT2D eigenvalue weighted by atomic mass is 9.99. The first-order valence-corrected chi connectivity index (χ1v) is 13.5. The van der Waals surface area contributed by atoms with Crippen molar-refractivity contribution in [3.05, 3.63) is 63.9 Å². The Morgan fingerprint density at radius 1 is 1.18 bits per heavy atom. The van der Waals surface area contributed by atoms with Crippen LogP contribution in [0.2, 0.25) is 0 Å². The second-order valence-corrected chi connectivity index (χ2v) is 11.5. The van der Waals surface area contributed by atoms with Crippen molar-refractivity contribution in [1.82, 2.24) is 14.7 Å². The molecule has 0 aliphatic carbocycles. The molecule has 1 aliphatic rings. The molecule has 4 rings (SSSR count). The first-order chi connectivity index (χ1) is 16.1. The number of aryl methyl sites for hydroxylation is 2. The minimum Gasteiger partial charge on any atom is -0.334 e. The van der Waals surface area contributed by atoms with Crippen molar-refractivity contribution >= 4 is 26.5 Å². The molecule has 1 amide bonds. The second-order valence-electron chi connectivity index (χ2n) is 9.29. The molecule has 2 atom stereocenters. The van der Waals surface area contributed by atoms with Crippen LogP contribution in [0, 0.1) is 13.8 Å². The van der Waals surface area contributed by atoms with Gasteiger partial charge < -0.3 is 4.90 Å². The van der Waals surface area contributed by atoms with E-state index in [1.807, 2.05) is 58.0 Å². The van der Waals surface area contributed by atoms with E-state index in [1.165, 1.54) is 4.68 Å². The Bertz CT molecular complexity index is 1410. The normalized spacial score (nSPS) is 18.2. The Morgan fingerprint density at radius 3 is 2.53 bits per heavy atom. The van der Waals surface area contributed by atoms with E-state index in [4.69, 9.17) is 0 Å². The second kappa shape index (κ2) is 9.33. The van der Waals surface area contributed by atoms with Gasteiger partial charge in [0.2, 0.25) is 5.91 Å². The van der Waals surface area contributed by atoms with Gasteiger partial charge in [0.1, 0.15) is 6.54 Å². The molecule has 1 aromatic heterocycles. The van der Waals surface area contributed by atoms with Crippen LogP contribution in [0.15, 0.2) is 47.3 Å². The van der Waals surface area contributed by atoms with Crippen LogP contribution in [0.4, 0.5) is 0 Å². The molecule has 34 heavy (non-hydrogen) atoms. The Kier molecular flexibility index (Phi) is 6.62. The number of hydrogen-bond acceptors (Lipinski definition) is 5. The van der Waals surface area contributed by atoms with E-state index in [9.17, 15) is 18.0 Å². The van der Waals surface area contributed by atoms with Gasteiger partial charge in [0.25, 0.3) is 5.56 Å². The van der Waals surface area contributed by atoms with Crippen molar-refractivity contribution in [2.75, 3.05) is 11.5 Å². The molecule has 2 heterocycles. The van der Waals surface area contributed by atoms with E-state index in [2.05, 4.69) is 5.10 Å². The fourth-order valence-electron chi connectivity index (χ4n) is 4.74. The number of benzene rings is 2. The zero-order valence-electron chi connectivity index (χ0n) is 20.1. The van der Waals surface area contributed by atoms with Crippen LogP contribution < -0.4 is 5.56 Å². The van der Waals surface area contributed by atoms with Crippen LogP contribution in [0.25, 0.3) is 22.0 Å². The van der Waals surface area contributed by atoms with Crippen LogP contribution in [0.5, 0.6) is 0 Å². The minimum atomic E-state index is -3.16. The van der Waals surface area contributed by atoms with E-state index >= 15 is 0 Å². The quantitative estimate of drug-likeness (QED) is 0.538. The van der Waals surface area contributed by atoms with Crippen molar-refractivity contribution < 1.29 is 13.2 Å². The van der Waals surface area contributed by atoms with Crippen LogP contribution in [-0.4, -0.2) is 52.6 Å². The Hall–Kier alpha value is -3.00. The van der Waals surface area contributed by atoms with E-state index in [-0.39, 0.29) is 41.6 Å². The maximum absolute atomic E-state index is 13.5. The highest BCUT2D eigenvalue weighted by Crippen LogP contribution is 2.28. The average Bonchev–Trinajstić information content (AvgIpc) is 3.16. The van der Waals surface area contributed by atoms with Gasteiger partial charge in [-0.05, 0) is 51.3 Å². The maximum Gasteiger partial charge on any atom is 0.275 e. The number of sulfone groups is 1. The molecular weight excluding hydrogens is 450 g/mol. The highest BCUT2D eigenvalue weighted by molar-refractivity contribution is 7.91. The minimum absolute atomic E-state index is 0.0309. The van der Waals surface area contributed by atoms with Crippen LogP contribution in [-0.2, 0) is 21.2 Å². The summed E-state index contributed by atoms with van der Waals surface area (Å²) in [4.78, 5) is 28.5. The van der Waals surface area contributed by atoms with E-state index in [0.717, 1.165) is 22.1 Å². The summed E-state index contributed by atoms with van der Waals surface area (Å²) >= 11 is 0. The molecule has 0 bridgehead atoms. The number of amides is 1. The van der Waals surface area contributed by atoms with Gasteiger partial charge in [0.05, 0.1) is 22.6 Å². The van der Waals surface area contributed by atoms with Gasteiger partial charge in [-0.25, -0.2) is 13.1 Å². The molecule has 1 saturated heterocycles. The molecule has 0 N–H and O–H groups in total. The molecular formula is C26H31N3O4S. The first-order valence-electron chi connectivity index (χ1n) is 11.7. The molecule has 8 heteroatoms. The van der Waals surface area contributed by atoms with Gasteiger partial charge in [-0.1, -0.05) is 42.8 Å². The predicted octanol–water partition coefficient (Wildman–Crippen LogP) is 3.49. The molecule has 0 unspecified atom stereocenters. The third kappa shape index (κ3) is 4.64. The van der Waals surface area contributed by atoms with Gasteiger partial charge in [0.15, 0.2) is 9.84 Å². The third-order valence-corrected chi connectivity index (χ3v) is 8.51. The van der Waals surface area contributed by atoms with Crippen molar-refractivity contribution in [1.29, 1.82) is 0 Å². The molecule has 7 nitrogen and oxygen atoms in total. The monoisotopic (exact) mass is 481 g/mol. The highest BCUT2D eigenvalue weighted by atomic mass is 32.2. The number of nitrogens with zero attached hydrogens (tertiary/aromatic N) is 3. The van der Waals surface area contributed by atoms with Gasteiger partial charge in [0, 0.05) is 23.0 Å². The molecule has 2 aromatic carbocycles. The number of hydrogen-bond donors (Lipinski definition) is 0. The third-order valence-electron chi connectivity index (χ3n) is 6.76. The summed E-state index contributed by atoms with van der Waals surface area (Å²) < 4.78 is 25.4.